The summed E-state index contributed by atoms with van der Waals surface area (Å²) in [7, 11) is 2.09. The Labute approximate surface area is 127 Å². The van der Waals surface area contributed by atoms with Crippen molar-refractivity contribution in [3.05, 3.63) is 35.9 Å². The van der Waals surface area contributed by atoms with Crippen molar-refractivity contribution in [3.63, 3.8) is 0 Å². The Balaban J connectivity index is 1.91. The molecule has 0 amide bonds. The first kappa shape index (κ1) is 15.8. The molecule has 1 aliphatic rings. The maximum absolute atomic E-state index is 9.02. The third kappa shape index (κ3) is 4.72. The number of nitrogens with two attached hydrogens (primary N) is 1. The van der Waals surface area contributed by atoms with Crippen LogP contribution >= 0.6 is 0 Å². The first-order valence-corrected chi connectivity index (χ1v) is 7.64. The number of benzene rings is 1. The second kappa shape index (κ2) is 8.00. The number of likely N-dealkylation sites (N-methyl/N-ethyl adjacent to an activating group) is 1. The van der Waals surface area contributed by atoms with Crippen LogP contribution in [0.15, 0.2) is 35.5 Å². The molecule has 1 fully saturated rings. The van der Waals surface area contributed by atoms with E-state index in [1.54, 1.807) is 0 Å². The minimum absolute atomic E-state index is 0.0696. The Morgan fingerprint density at radius 2 is 2.00 bits per heavy atom. The summed E-state index contributed by atoms with van der Waals surface area (Å²) >= 11 is 0. The lowest BCUT2D eigenvalue weighted by atomic mass is 9.97. The van der Waals surface area contributed by atoms with Gasteiger partial charge in [-0.1, -0.05) is 35.5 Å². The SMILES string of the molecule is CN(CCN1CCCC1)CC(C(N)=NO)c1ccccc1. The van der Waals surface area contributed by atoms with E-state index in [9.17, 15) is 0 Å². The van der Waals surface area contributed by atoms with E-state index >= 15 is 0 Å². The molecule has 0 saturated carbocycles. The molecular formula is C16H26N4O. The van der Waals surface area contributed by atoms with E-state index in [4.69, 9.17) is 10.9 Å². The van der Waals surface area contributed by atoms with Crippen molar-refractivity contribution >= 4 is 5.84 Å². The Kier molecular flexibility index (Phi) is 6.02. The number of hydrogen-bond donors (Lipinski definition) is 2. The monoisotopic (exact) mass is 290 g/mol. The largest absolute Gasteiger partial charge is 0.409 e. The van der Waals surface area contributed by atoms with Crippen molar-refractivity contribution in [2.75, 3.05) is 39.8 Å². The summed E-state index contributed by atoms with van der Waals surface area (Å²) in [5.41, 5.74) is 6.96. The first-order chi connectivity index (χ1) is 10.2. The van der Waals surface area contributed by atoms with Crippen molar-refractivity contribution in [3.8, 4) is 0 Å². The van der Waals surface area contributed by atoms with Gasteiger partial charge in [0, 0.05) is 19.6 Å². The highest BCUT2D eigenvalue weighted by atomic mass is 16.4. The Morgan fingerprint density at radius 1 is 1.33 bits per heavy atom. The summed E-state index contributed by atoms with van der Waals surface area (Å²) < 4.78 is 0. The smallest absolute Gasteiger partial charge is 0.147 e. The van der Waals surface area contributed by atoms with E-state index in [2.05, 4.69) is 22.0 Å². The number of oxime groups is 1. The predicted molar refractivity (Wildman–Crippen MR) is 85.8 cm³/mol. The van der Waals surface area contributed by atoms with Crippen LogP contribution in [0.3, 0.4) is 0 Å². The van der Waals surface area contributed by atoms with Crippen LogP contribution in [0, 0.1) is 0 Å². The molecule has 1 unspecified atom stereocenters. The Bertz CT molecular complexity index is 443. The lowest BCUT2D eigenvalue weighted by Crippen LogP contribution is -2.37. The standard InChI is InChI=1S/C16H26N4O/c1-19(11-12-20-9-5-6-10-20)13-15(16(17)18-21)14-7-3-2-4-8-14/h2-4,7-8,15,21H,5-6,9-13H2,1H3,(H2,17,18). The van der Waals surface area contributed by atoms with Gasteiger partial charge in [0.2, 0.25) is 0 Å². The molecule has 3 N–H and O–H groups in total. The third-order valence-electron chi connectivity index (χ3n) is 4.17. The van der Waals surface area contributed by atoms with E-state index < -0.39 is 0 Å². The number of hydrogen-bond acceptors (Lipinski definition) is 4. The third-order valence-corrected chi connectivity index (χ3v) is 4.17. The van der Waals surface area contributed by atoms with E-state index in [1.165, 1.54) is 25.9 Å². The van der Waals surface area contributed by atoms with Gasteiger partial charge in [-0.3, -0.25) is 0 Å². The molecule has 0 aromatic heterocycles. The van der Waals surface area contributed by atoms with Gasteiger partial charge in [0.15, 0.2) is 0 Å². The predicted octanol–water partition coefficient (Wildman–Crippen LogP) is 1.54. The van der Waals surface area contributed by atoms with Crippen LogP contribution in [-0.4, -0.2) is 60.6 Å². The van der Waals surface area contributed by atoms with Gasteiger partial charge in [-0.2, -0.15) is 0 Å². The maximum Gasteiger partial charge on any atom is 0.147 e. The van der Waals surface area contributed by atoms with Gasteiger partial charge >= 0.3 is 0 Å². The van der Waals surface area contributed by atoms with Gasteiger partial charge in [0.25, 0.3) is 0 Å². The molecule has 1 aromatic rings. The first-order valence-electron chi connectivity index (χ1n) is 7.64. The highest BCUT2D eigenvalue weighted by Gasteiger charge is 2.19. The number of amidine groups is 1. The van der Waals surface area contributed by atoms with Crippen LogP contribution in [0.2, 0.25) is 0 Å². The summed E-state index contributed by atoms with van der Waals surface area (Å²) in [6, 6.07) is 9.99. The zero-order chi connectivity index (χ0) is 15.1. The Morgan fingerprint density at radius 3 is 2.62 bits per heavy atom. The molecule has 21 heavy (non-hydrogen) atoms. The second-order valence-electron chi connectivity index (χ2n) is 5.80. The van der Waals surface area contributed by atoms with Crippen molar-refractivity contribution in [1.29, 1.82) is 0 Å². The highest BCUT2D eigenvalue weighted by molar-refractivity contribution is 5.87. The number of rotatable bonds is 7. The topological polar surface area (TPSA) is 65.1 Å². The minimum atomic E-state index is -0.0696. The summed E-state index contributed by atoms with van der Waals surface area (Å²) in [4.78, 5) is 4.76. The molecule has 1 saturated heterocycles. The summed E-state index contributed by atoms with van der Waals surface area (Å²) in [5, 5.41) is 12.2. The zero-order valence-electron chi connectivity index (χ0n) is 12.8. The second-order valence-corrected chi connectivity index (χ2v) is 5.80. The maximum atomic E-state index is 9.02. The van der Waals surface area contributed by atoms with Crippen LogP contribution in [-0.2, 0) is 0 Å². The molecule has 2 rings (SSSR count). The van der Waals surface area contributed by atoms with Gasteiger partial charge in [-0.05, 0) is 38.5 Å². The molecule has 5 nitrogen and oxygen atoms in total. The fraction of sp³-hybridized carbons (Fsp3) is 0.562. The summed E-state index contributed by atoms with van der Waals surface area (Å²) in [6.45, 7) is 5.29. The molecule has 0 bridgehead atoms. The normalized spacial score (nSPS) is 18.3. The van der Waals surface area contributed by atoms with Gasteiger partial charge in [0.05, 0.1) is 5.92 Å². The van der Waals surface area contributed by atoms with Crippen LogP contribution in [0.1, 0.15) is 24.3 Å². The van der Waals surface area contributed by atoms with Crippen LogP contribution in [0.25, 0.3) is 0 Å². The lowest BCUT2D eigenvalue weighted by molar-refractivity contribution is 0.253. The van der Waals surface area contributed by atoms with Gasteiger partial charge < -0.3 is 20.7 Å². The average Bonchev–Trinajstić information content (AvgIpc) is 3.04. The van der Waals surface area contributed by atoms with E-state index in [0.29, 0.717) is 0 Å². The average molecular weight is 290 g/mol. The summed E-state index contributed by atoms with van der Waals surface area (Å²) in [5.74, 6) is 0.203. The molecule has 1 aromatic carbocycles. The van der Waals surface area contributed by atoms with Crippen LogP contribution < -0.4 is 5.73 Å². The summed E-state index contributed by atoms with van der Waals surface area (Å²) in [6.07, 6.45) is 2.64. The fourth-order valence-electron chi connectivity index (χ4n) is 2.85. The molecule has 1 heterocycles. The number of nitrogens with zero attached hydrogens (tertiary/aromatic N) is 3. The zero-order valence-corrected chi connectivity index (χ0v) is 12.8. The van der Waals surface area contributed by atoms with E-state index in [1.807, 2.05) is 30.3 Å². The molecular weight excluding hydrogens is 264 g/mol. The molecule has 116 valence electrons. The Hall–Kier alpha value is -1.59. The van der Waals surface area contributed by atoms with Crippen molar-refractivity contribution in [2.24, 2.45) is 10.9 Å². The fourth-order valence-corrected chi connectivity index (χ4v) is 2.85. The molecule has 1 atom stereocenters. The van der Waals surface area contributed by atoms with Crippen LogP contribution in [0.5, 0.6) is 0 Å². The van der Waals surface area contributed by atoms with Gasteiger partial charge in [0.1, 0.15) is 5.84 Å². The minimum Gasteiger partial charge on any atom is -0.409 e. The molecule has 1 aliphatic heterocycles. The molecule has 0 radical (unpaired) electrons. The van der Waals surface area contributed by atoms with Gasteiger partial charge in [-0.25, -0.2) is 0 Å². The quantitative estimate of drug-likeness (QED) is 0.346. The van der Waals surface area contributed by atoms with Crippen LogP contribution in [0.4, 0.5) is 0 Å². The van der Waals surface area contributed by atoms with Crippen molar-refractivity contribution in [2.45, 2.75) is 18.8 Å². The number of likely N-dealkylation sites (tertiary alicyclic amines) is 1. The highest BCUT2D eigenvalue weighted by Crippen LogP contribution is 2.17. The van der Waals surface area contributed by atoms with Crippen molar-refractivity contribution < 1.29 is 5.21 Å². The van der Waals surface area contributed by atoms with E-state index in [0.717, 1.165) is 25.2 Å². The van der Waals surface area contributed by atoms with Crippen molar-refractivity contribution in [1.82, 2.24) is 9.80 Å². The molecule has 0 spiro atoms. The molecule has 5 heteroatoms. The van der Waals surface area contributed by atoms with Gasteiger partial charge in [-0.15, -0.1) is 0 Å². The van der Waals surface area contributed by atoms with E-state index in [-0.39, 0.29) is 11.8 Å². The molecule has 0 aliphatic carbocycles. The lowest BCUT2D eigenvalue weighted by Gasteiger charge is -2.25.